The first-order valence-corrected chi connectivity index (χ1v) is 11.9. The van der Waals surface area contributed by atoms with E-state index in [0.29, 0.717) is 30.4 Å². The lowest BCUT2D eigenvalue weighted by atomic mass is 9.97. The number of nitrogens with zero attached hydrogens (tertiary/aromatic N) is 2. The van der Waals surface area contributed by atoms with Crippen molar-refractivity contribution >= 4 is 15.9 Å². The lowest BCUT2D eigenvalue weighted by Crippen LogP contribution is -2.44. The van der Waals surface area contributed by atoms with E-state index in [0.717, 1.165) is 44.5 Å². The normalized spacial score (nSPS) is 20.3. The molecular formula is C22H28FN3O3S. The molecule has 0 radical (unpaired) electrons. The Hall–Kier alpha value is -2.16. The zero-order chi connectivity index (χ0) is 21.1. The number of rotatable bonds is 7. The summed E-state index contributed by atoms with van der Waals surface area (Å²) >= 11 is 0. The van der Waals surface area contributed by atoms with Crippen molar-refractivity contribution in [3.63, 3.8) is 0 Å². The Labute approximate surface area is 177 Å². The molecule has 0 aliphatic carbocycles. The minimum atomic E-state index is -3.79. The zero-order valence-corrected chi connectivity index (χ0v) is 17.7. The molecule has 2 aromatic rings. The van der Waals surface area contributed by atoms with E-state index in [9.17, 15) is 12.8 Å². The van der Waals surface area contributed by atoms with Crippen molar-refractivity contribution in [2.75, 3.05) is 30.5 Å². The molecule has 6 nitrogen and oxygen atoms in total. The third kappa shape index (κ3) is 4.94. The van der Waals surface area contributed by atoms with Crippen molar-refractivity contribution in [2.45, 2.75) is 31.7 Å². The van der Waals surface area contributed by atoms with Crippen LogP contribution in [0.3, 0.4) is 0 Å². The number of nitrogens with two attached hydrogens (primary N) is 1. The fourth-order valence-corrected chi connectivity index (χ4v) is 5.50. The summed E-state index contributed by atoms with van der Waals surface area (Å²) in [6.07, 6.45) is 3.52. The van der Waals surface area contributed by atoms with E-state index in [-0.39, 0.29) is 11.9 Å². The third-order valence-electron chi connectivity index (χ3n) is 6.08. The van der Waals surface area contributed by atoms with Crippen LogP contribution in [0.2, 0.25) is 0 Å². The standard InChI is InChI=1S/C22H28FN3O3S/c23-19-5-7-21(8-6-19)29-16-17-9-12-25(13-10-17)14-11-20-15-18-3-1-2-4-22(18)26(20)30(24,27)28/h1-8,17,20H,9-16H2,(H2,24,27,28). The number of para-hydroxylation sites is 1. The van der Waals surface area contributed by atoms with Gasteiger partial charge in [-0.15, -0.1) is 0 Å². The van der Waals surface area contributed by atoms with Crippen LogP contribution in [-0.2, 0) is 16.6 Å². The van der Waals surface area contributed by atoms with E-state index in [2.05, 4.69) is 4.90 Å². The van der Waals surface area contributed by atoms with Gasteiger partial charge in [-0.3, -0.25) is 4.31 Å². The Balaban J connectivity index is 1.25. The average molecular weight is 434 g/mol. The SMILES string of the molecule is NS(=O)(=O)N1c2ccccc2CC1CCN1CCC(COc2ccc(F)cc2)CC1. The number of hydrogen-bond donors (Lipinski definition) is 1. The monoisotopic (exact) mass is 433 g/mol. The van der Waals surface area contributed by atoms with Crippen LogP contribution in [0.4, 0.5) is 10.1 Å². The Bertz CT molecular complexity index is 960. The number of piperidine rings is 1. The maximum atomic E-state index is 13.0. The van der Waals surface area contributed by atoms with Crippen LogP contribution < -0.4 is 14.2 Å². The van der Waals surface area contributed by atoms with Crippen LogP contribution in [0.15, 0.2) is 48.5 Å². The Morgan fingerprint density at radius 3 is 2.47 bits per heavy atom. The van der Waals surface area contributed by atoms with Gasteiger partial charge in [-0.25, -0.2) is 9.53 Å². The van der Waals surface area contributed by atoms with Crippen molar-refractivity contribution in [2.24, 2.45) is 11.1 Å². The van der Waals surface area contributed by atoms with Gasteiger partial charge in [0.1, 0.15) is 11.6 Å². The second-order valence-electron chi connectivity index (χ2n) is 8.17. The van der Waals surface area contributed by atoms with Crippen molar-refractivity contribution in [3.05, 3.63) is 59.9 Å². The number of anilines is 1. The van der Waals surface area contributed by atoms with Gasteiger partial charge in [0.05, 0.1) is 18.3 Å². The number of fused-ring (bicyclic) bond motifs is 1. The number of hydrogen-bond acceptors (Lipinski definition) is 4. The molecule has 8 heteroatoms. The van der Waals surface area contributed by atoms with Crippen molar-refractivity contribution < 1.29 is 17.5 Å². The quantitative estimate of drug-likeness (QED) is 0.729. The van der Waals surface area contributed by atoms with Crippen LogP contribution in [0.1, 0.15) is 24.8 Å². The molecule has 0 saturated carbocycles. The summed E-state index contributed by atoms with van der Waals surface area (Å²) in [5, 5.41) is 5.51. The molecule has 0 amide bonds. The van der Waals surface area contributed by atoms with Crippen LogP contribution in [0.25, 0.3) is 0 Å². The van der Waals surface area contributed by atoms with Crippen molar-refractivity contribution in [1.82, 2.24) is 4.90 Å². The fourth-order valence-electron chi connectivity index (χ4n) is 4.45. The lowest BCUT2D eigenvalue weighted by molar-refractivity contribution is 0.139. The summed E-state index contributed by atoms with van der Waals surface area (Å²) in [5.74, 6) is 0.910. The molecule has 2 aromatic carbocycles. The van der Waals surface area contributed by atoms with Crippen LogP contribution in [0.5, 0.6) is 5.75 Å². The van der Waals surface area contributed by atoms with Gasteiger partial charge < -0.3 is 9.64 Å². The molecule has 1 saturated heterocycles. The van der Waals surface area contributed by atoms with Crippen molar-refractivity contribution in [1.29, 1.82) is 0 Å². The second kappa shape index (κ2) is 8.91. The Morgan fingerprint density at radius 1 is 1.07 bits per heavy atom. The van der Waals surface area contributed by atoms with E-state index in [1.54, 1.807) is 12.1 Å². The molecule has 1 fully saturated rings. The number of halogens is 1. The van der Waals surface area contributed by atoms with E-state index in [1.807, 2.05) is 24.3 Å². The van der Waals surface area contributed by atoms with Gasteiger partial charge in [0.2, 0.25) is 0 Å². The van der Waals surface area contributed by atoms with E-state index in [1.165, 1.54) is 16.4 Å². The van der Waals surface area contributed by atoms with E-state index >= 15 is 0 Å². The molecule has 1 unspecified atom stereocenters. The van der Waals surface area contributed by atoms with Gasteiger partial charge >= 0.3 is 0 Å². The summed E-state index contributed by atoms with van der Waals surface area (Å²) in [7, 11) is -3.79. The molecule has 162 valence electrons. The molecule has 2 aliphatic heterocycles. The van der Waals surface area contributed by atoms with Crippen LogP contribution >= 0.6 is 0 Å². The predicted molar refractivity (Wildman–Crippen MR) is 115 cm³/mol. The third-order valence-corrected chi connectivity index (χ3v) is 7.12. The lowest BCUT2D eigenvalue weighted by Gasteiger charge is -2.33. The molecular weight excluding hydrogens is 405 g/mol. The minimum Gasteiger partial charge on any atom is -0.493 e. The molecule has 30 heavy (non-hydrogen) atoms. The molecule has 2 aliphatic rings. The fraction of sp³-hybridized carbons (Fsp3) is 0.455. The molecule has 0 spiro atoms. The first-order chi connectivity index (χ1) is 14.4. The van der Waals surface area contributed by atoms with Gasteiger partial charge in [-0.05, 0) is 80.6 Å². The molecule has 1 atom stereocenters. The highest BCUT2D eigenvalue weighted by Gasteiger charge is 2.35. The summed E-state index contributed by atoms with van der Waals surface area (Å²) in [4.78, 5) is 2.39. The molecule has 0 aromatic heterocycles. The molecule has 0 bridgehead atoms. The van der Waals surface area contributed by atoms with Crippen LogP contribution in [-0.4, -0.2) is 45.6 Å². The molecule has 4 rings (SSSR count). The summed E-state index contributed by atoms with van der Waals surface area (Å²) in [6, 6.07) is 13.6. The van der Waals surface area contributed by atoms with Gasteiger partial charge in [-0.2, -0.15) is 8.42 Å². The highest BCUT2D eigenvalue weighted by molar-refractivity contribution is 7.90. The molecule has 2 heterocycles. The largest absolute Gasteiger partial charge is 0.493 e. The summed E-state index contributed by atoms with van der Waals surface area (Å²) in [5.41, 5.74) is 1.75. The number of likely N-dealkylation sites (tertiary alicyclic amines) is 1. The number of ether oxygens (including phenoxy) is 1. The average Bonchev–Trinajstić information content (AvgIpc) is 3.11. The predicted octanol–water partition coefficient (Wildman–Crippen LogP) is 2.94. The van der Waals surface area contributed by atoms with Crippen molar-refractivity contribution in [3.8, 4) is 5.75 Å². The Morgan fingerprint density at radius 2 is 1.77 bits per heavy atom. The van der Waals surface area contributed by atoms with E-state index < -0.39 is 10.2 Å². The van der Waals surface area contributed by atoms with Crippen LogP contribution in [0, 0.1) is 11.7 Å². The first-order valence-electron chi connectivity index (χ1n) is 10.4. The topological polar surface area (TPSA) is 75.9 Å². The van der Waals surface area contributed by atoms with Gasteiger partial charge in [0.15, 0.2) is 0 Å². The van der Waals surface area contributed by atoms with Gasteiger partial charge in [0.25, 0.3) is 10.2 Å². The van der Waals surface area contributed by atoms with Gasteiger partial charge in [-0.1, -0.05) is 18.2 Å². The molecule has 2 N–H and O–H groups in total. The second-order valence-corrected chi connectivity index (χ2v) is 9.59. The zero-order valence-electron chi connectivity index (χ0n) is 16.9. The Kier molecular flexibility index (Phi) is 6.26. The first kappa shape index (κ1) is 21.1. The number of benzene rings is 2. The maximum absolute atomic E-state index is 13.0. The minimum absolute atomic E-state index is 0.128. The van der Waals surface area contributed by atoms with E-state index in [4.69, 9.17) is 9.88 Å². The highest BCUT2D eigenvalue weighted by atomic mass is 32.2. The summed E-state index contributed by atoms with van der Waals surface area (Å²) in [6.45, 7) is 3.41. The smallest absolute Gasteiger partial charge is 0.299 e. The highest BCUT2D eigenvalue weighted by Crippen LogP contribution is 2.35. The summed E-state index contributed by atoms with van der Waals surface area (Å²) < 4.78 is 44.5. The van der Waals surface area contributed by atoms with Gasteiger partial charge in [0, 0.05) is 6.54 Å². The maximum Gasteiger partial charge on any atom is 0.299 e.